The molecular weight excluding hydrogens is 292 g/mol. The zero-order valence-electron chi connectivity index (χ0n) is 10.4. The van der Waals surface area contributed by atoms with Crippen molar-refractivity contribution in [2.24, 2.45) is 11.7 Å². The Kier molecular flexibility index (Phi) is 4.64. The second kappa shape index (κ2) is 6.23. The lowest BCUT2D eigenvalue weighted by atomic mass is 9.90. The van der Waals surface area contributed by atoms with Gasteiger partial charge in [0.05, 0.1) is 12.2 Å². The number of benzene rings is 1. The highest BCUT2D eigenvalue weighted by Gasteiger charge is 2.15. The first kappa shape index (κ1) is 13.4. The summed E-state index contributed by atoms with van der Waals surface area (Å²) in [6.07, 6.45) is 6.48. The van der Waals surface area contributed by atoms with Crippen molar-refractivity contribution < 1.29 is 4.74 Å². The normalized spacial score (nSPS) is 16.5. The molecular formula is C14H19BrN2O. The van der Waals surface area contributed by atoms with Crippen LogP contribution >= 0.6 is 15.9 Å². The molecule has 4 heteroatoms. The van der Waals surface area contributed by atoms with Gasteiger partial charge >= 0.3 is 0 Å². The molecule has 0 atom stereocenters. The van der Waals surface area contributed by atoms with E-state index in [1.807, 2.05) is 18.2 Å². The molecule has 18 heavy (non-hydrogen) atoms. The highest BCUT2D eigenvalue weighted by Crippen LogP contribution is 2.27. The van der Waals surface area contributed by atoms with Crippen LogP contribution in [-0.4, -0.2) is 12.4 Å². The number of nitrogen functional groups attached to an aromatic ring is 1. The largest absolute Gasteiger partial charge is 0.492 e. The van der Waals surface area contributed by atoms with Gasteiger partial charge in [0.1, 0.15) is 11.6 Å². The fourth-order valence-electron chi connectivity index (χ4n) is 2.40. The average Bonchev–Trinajstić information content (AvgIpc) is 2.37. The first-order valence-electron chi connectivity index (χ1n) is 6.43. The molecule has 0 spiro atoms. The Morgan fingerprint density at radius 2 is 2.06 bits per heavy atom. The van der Waals surface area contributed by atoms with Gasteiger partial charge in [-0.15, -0.1) is 0 Å². The van der Waals surface area contributed by atoms with E-state index in [-0.39, 0.29) is 5.84 Å². The molecule has 0 amide bonds. The molecule has 1 aromatic rings. The zero-order chi connectivity index (χ0) is 13.0. The van der Waals surface area contributed by atoms with E-state index >= 15 is 0 Å². The number of rotatable bonds is 4. The molecule has 3 nitrogen and oxygen atoms in total. The molecule has 0 saturated heterocycles. The first-order chi connectivity index (χ1) is 8.66. The quantitative estimate of drug-likeness (QED) is 0.658. The van der Waals surface area contributed by atoms with E-state index in [4.69, 9.17) is 15.9 Å². The lowest BCUT2D eigenvalue weighted by molar-refractivity contribution is 0.208. The minimum atomic E-state index is 0.0566. The number of nitrogens with two attached hydrogens (primary N) is 1. The Labute approximate surface area is 116 Å². The predicted octanol–water partition coefficient (Wildman–Crippen LogP) is 3.69. The summed E-state index contributed by atoms with van der Waals surface area (Å²) in [6.45, 7) is 0.733. The Bertz CT molecular complexity index is 428. The van der Waals surface area contributed by atoms with E-state index in [2.05, 4.69) is 15.9 Å². The van der Waals surface area contributed by atoms with E-state index < -0.39 is 0 Å². The Hall–Kier alpha value is -1.03. The third-order valence-corrected chi connectivity index (χ3v) is 3.93. The number of ether oxygens (including phenoxy) is 1. The van der Waals surface area contributed by atoms with Crippen LogP contribution in [-0.2, 0) is 0 Å². The molecule has 0 radical (unpaired) electrons. The van der Waals surface area contributed by atoms with Crippen LogP contribution in [0.5, 0.6) is 5.75 Å². The summed E-state index contributed by atoms with van der Waals surface area (Å²) >= 11 is 3.42. The average molecular weight is 311 g/mol. The van der Waals surface area contributed by atoms with E-state index in [0.29, 0.717) is 17.2 Å². The smallest absolute Gasteiger partial charge is 0.131 e. The molecule has 98 valence electrons. The fraction of sp³-hybridized carbons (Fsp3) is 0.500. The van der Waals surface area contributed by atoms with Gasteiger partial charge in [0.2, 0.25) is 0 Å². The van der Waals surface area contributed by atoms with Crippen molar-refractivity contribution in [3.05, 3.63) is 28.2 Å². The molecule has 1 saturated carbocycles. The SMILES string of the molecule is N=C(N)c1ccc(Br)cc1OCC1CCCCC1. The van der Waals surface area contributed by atoms with Crippen LogP contribution in [0.15, 0.2) is 22.7 Å². The molecule has 2 rings (SSSR count). The fourth-order valence-corrected chi connectivity index (χ4v) is 2.74. The van der Waals surface area contributed by atoms with Gasteiger partial charge in [-0.3, -0.25) is 5.41 Å². The van der Waals surface area contributed by atoms with Crippen molar-refractivity contribution in [1.29, 1.82) is 5.41 Å². The number of hydrogen-bond donors (Lipinski definition) is 2. The van der Waals surface area contributed by atoms with Crippen molar-refractivity contribution in [1.82, 2.24) is 0 Å². The van der Waals surface area contributed by atoms with Gasteiger partial charge in [-0.2, -0.15) is 0 Å². The van der Waals surface area contributed by atoms with Crippen molar-refractivity contribution in [3.63, 3.8) is 0 Å². The second-order valence-electron chi connectivity index (χ2n) is 4.87. The molecule has 1 aliphatic rings. The Balaban J connectivity index is 2.03. The number of nitrogens with one attached hydrogen (secondary N) is 1. The van der Waals surface area contributed by atoms with E-state index in [9.17, 15) is 0 Å². The Morgan fingerprint density at radius 1 is 1.33 bits per heavy atom. The van der Waals surface area contributed by atoms with Crippen LogP contribution in [0.4, 0.5) is 0 Å². The highest BCUT2D eigenvalue weighted by molar-refractivity contribution is 9.10. The molecule has 0 aliphatic heterocycles. The summed E-state index contributed by atoms with van der Waals surface area (Å²) in [5.41, 5.74) is 6.24. The van der Waals surface area contributed by atoms with Gasteiger partial charge in [-0.05, 0) is 37.0 Å². The number of hydrogen-bond acceptors (Lipinski definition) is 2. The van der Waals surface area contributed by atoms with Crippen molar-refractivity contribution in [2.75, 3.05) is 6.61 Å². The third kappa shape index (κ3) is 3.48. The zero-order valence-corrected chi connectivity index (χ0v) is 12.0. The van der Waals surface area contributed by atoms with Crippen LogP contribution in [0.25, 0.3) is 0 Å². The molecule has 0 aromatic heterocycles. The predicted molar refractivity (Wildman–Crippen MR) is 77.2 cm³/mol. The molecule has 0 heterocycles. The minimum absolute atomic E-state index is 0.0566. The van der Waals surface area contributed by atoms with Gasteiger partial charge < -0.3 is 10.5 Å². The maximum Gasteiger partial charge on any atom is 0.131 e. The third-order valence-electron chi connectivity index (χ3n) is 3.43. The van der Waals surface area contributed by atoms with Gasteiger partial charge in [-0.25, -0.2) is 0 Å². The van der Waals surface area contributed by atoms with Gasteiger partial charge in [0.25, 0.3) is 0 Å². The monoisotopic (exact) mass is 310 g/mol. The molecule has 1 aliphatic carbocycles. The van der Waals surface area contributed by atoms with Crippen molar-refractivity contribution in [2.45, 2.75) is 32.1 Å². The summed E-state index contributed by atoms with van der Waals surface area (Å²) in [4.78, 5) is 0. The summed E-state index contributed by atoms with van der Waals surface area (Å²) in [5.74, 6) is 1.42. The summed E-state index contributed by atoms with van der Waals surface area (Å²) in [7, 11) is 0. The van der Waals surface area contributed by atoms with E-state index in [1.54, 1.807) is 0 Å². The van der Waals surface area contributed by atoms with Gasteiger partial charge in [0.15, 0.2) is 0 Å². The highest BCUT2D eigenvalue weighted by atomic mass is 79.9. The first-order valence-corrected chi connectivity index (χ1v) is 7.23. The molecule has 0 bridgehead atoms. The maximum atomic E-state index is 7.55. The van der Waals surface area contributed by atoms with Crippen LogP contribution in [0.1, 0.15) is 37.7 Å². The minimum Gasteiger partial charge on any atom is -0.492 e. The molecule has 3 N–H and O–H groups in total. The topological polar surface area (TPSA) is 59.1 Å². The number of amidine groups is 1. The summed E-state index contributed by atoms with van der Waals surface area (Å²) < 4.78 is 6.82. The van der Waals surface area contributed by atoms with Crippen molar-refractivity contribution >= 4 is 21.8 Å². The van der Waals surface area contributed by atoms with Crippen LogP contribution < -0.4 is 10.5 Å². The lowest BCUT2D eigenvalue weighted by Crippen LogP contribution is -2.18. The number of halogens is 1. The molecule has 1 aromatic carbocycles. The molecule has 0 unspecified atom stereocenters. The van der Waals surface area contributed by atoms with Crippen molar-refractivity contribution in [3.8, 4) is 5.75 Å². The van der Waals surface area contributed by atoms with Crippen LogP contribution in [0.2, 0.25) is 0 Å². The van der Waals surface area contributed by atoms with Gasteiger partial charge in [0, 0.05) is 4.47 Å². The summed E-state index contributed by atoms with van der Waals surface area (Å²) in [5, 5.41) is 7.55. The van der Waals surface area contributed by atoms with Gasteiger partial charge in [-0.1, -0.05) is 35.2 Å². The summed E-state index contributed by atoms with van der Waals surface area (Å²) in [6, 6.07) is 5.59. The van der Waals surface area contributed by atoms with E-state index in [0.717, 1.165) is 11.1 Å². The van der Waals surface area contributed by atoms with E-state index in [1.165, 1.54) is 32.1 Å². The standard InChI is InChI=1S/C14H19BrN2O/c15-11-6-7-12(14(16)17)13(8-11)18-9-10-4-2-1-3-5-10/h6-8,10H,1-5,9H2,(H3,16,17). The molecule has 1 fully saturated rings. The van der Waals surface area contributed by atoms with Crippen LogP contribution in [0.3, 0.4) is 0 Å². The van der Waals surface area contributed by atoms with Crippen LogP contribution in [0, 0.1) is 11.3 Å². The lowest BCUT2D eigenvalue weighted by Gasteiger charge is -2.22. The second-order valence-corrected chi connectivity index (χ2v) is 5.78. The maximum absolute atomic E-state index is 7.55. The Morgan fingerprint density at radius 3 is 2.72 bits per heavy atom.